The number of hydrogen-bond acceptors (Lipinski definition) is 5. The highest BCUT2D eigenvalue weighted by atomic mass is 32.2. The number of amides is 2. The lowest BCUT2D eigenvalue weighted by atomic mass is 9.95. The number of hydrogen-bond donors (Lipinski definition) is 1. The monoisotopic (exact) mass is 391 g/mol. The van der Waals surface area contributed by atoms with Gasteiger partial charge in [0, 0.05) is 38.5 Å². The molecule has 2 fully saturated rings. The molecule has 0 radical (unpaired) electrons. The third-order valence-corrected chi connectivity index (χ3v) is 6.26. The van der Waals surface area contributed by atoms with Gasteiger partial charge >= 0.3 is 0 Å². The Bertz CT molecular complexity index is 672. The van der Waals surface area contributed by atoms with Gasteiger partial charge in [0.25, 0.3) is 5.91 Å². The van der Waals surface area contributed by atoms with Crippen LogP contribution in [-0.4, -0.2) is 72.1 Å². The molecule has 6 nitrogen and oxygen atoms in total. The van der Waals surface area contributed by atoms with E-state index in [1.807, 2.05) is 48.0 Å². The van der Waals surface area contributed by atoms with Crippen molar-refractivity contribution in [3.05, 3.63) is 29.8 Å². The molecule has 7 heteroatoms. The molecule has 1 aromatic carbocycles. The Morgan fingerprint density at radius 3 is 2.56 bits per heavy atom. The standard InChI is InChI=1S/C20H29N3O3S/c1-4-26-16-7-5-15(6-8-16)18(24)23-12-10-20(11-13-23)21-17(9-14-27-3)19(25)22(20)2/h5-8,17,21H,4,9-14H2,1-3H3. The fourth-order valence-electron chi connectivity index (χ4n) is 3.96. The van der Waals surface area contributed by atoms with E-state index in [4.69, 9.17) is 4.74 Å². The molecule has 1 N–H and O–H groups in total. The van der Waals surface area contributed by atoms with Crippen LogP contribution in [0.15, 0.2) is 24.3 Å². The number of likely N-dealkylation sites (N-methyl/N-ethyl adjacent to an activating group) is 1. The molecule has 148 valence electrons. The zero-order chi connectivity index (χ0) is 19.4. The lowest BCUT2D eigenvalue weighted by Gasteiger charge is -2.43. The fourth-order valence-corrected chi connectivity index (χ4v) is 4.43. The minimum atomic E-state index is -0.310. The summed E-state index contributed by atoms with van der Waals surface area (Å²) in [6.45, 7) is 3.84. The molecule has 0 bridgehead atoms. The molecule has 2 heterocycles. The van der Waals surface area contributed by atoms with Crippen LogP contribution in [0.25, 0.3) is 0 Å². The van der Waals surface area contributed by atoms with Crippen molar-refractivity contribution in [1.29, 1.82) is 0 Å². The molecule has 2 aliphatic heterocycles. The third-order valence-electron chi connectivity index (χ3n) is 5.61. The van der Waals surface area contributed by atoms with E-state index < -0.39 is 0 Å². The molecule has 2 aliphatic rings. The van der Waals surface area contributed by atoms with Gasteiger partial charge in [0.2, 0.25) is 5.91 Å². The molecule has 0 aliphatic carbocycles. The van der Waals surface area contributed by atoms with Crippen LogP contribution in [0, 0.1) is 0 Å². The van der Waals surface area contributed by atoms with Gasteiger partial charge in [0.15, 0.2) is 0 Å². The zero-order valence-electron chi connectivity index (χ0n) is 16.4. The van der Waals surface area contributed by atoms with Crippen molar-refractivity contribution in [2.24, 2.45) is 0 Å². The van der Waals surface area contributed by atoms with Crippen LogP contribution in [0.5, 0.6) is 5.75 Å². The van der Waals surface area contributed by atoms with Gasteiger partial charge in [-0.25, -0.2) is 0 Å². The Morgan fingerprint density at radius 2 is 1.96 bits per heavy atom. The van der Waals surface area contributed by atoms with Crippen LogP contribution < -0.4 is 10.1 Å². The number of benzene rings is 1. The van der Waals surface area contributed by atoms with E-state index >= 15 is 0 Å². The van der Waals surface area contributed by atoms with Crippen molar-refractivity contribution in [2.75, 3.05) is 38.8 Å². The number of nitrogens with one attached hydrogen (secondary N) is 1. The summed E-state index contributed by atoms with van der Waals surface area (Å²) in [6.07, 6.45) is 4.42. The summed E-state index contributed by atoms with van der Waals surface area (Å²) in [4.78, 5) is 29.1. The van der Waals surface area contributed by atoms with Crippen LogP contribution in [0.3, 0.4) is 0 Å². The summed E-state index contributed by atoms with van der Waals surface area (Å²) in [5.41, 5.74) is 0.367. The number of nitrogens with zero attached hydrogens (tertiary/aromatic N) is 2. The van der Waals surface area contributed by atoms with Crippen molar-refractivity contribution < 1.29 is 14.3 Å². The number of rotatable bonds is 6. The van der Waals surface area contributed by atoms with Gasteiger partial charge < -0.3 is 14.5 Å². The van der Waals surface area contributed by atoms with Crippen LogP contribution in [-0.2, 0) is 4.79 Å². The number of ether oxygens (including phenoxy) is 1. The number of carbonyl (C=O) groups is 2. The molecule has 2 amide bonds. The second-order valence-electron chi connectivity index (χ2n) is 7.16. The average Bonchev–Trinajstić information content (AvgIpc) is 2.92. The van der Waals surface area contributed by atoms with Crippen LogP contribution in [0.1, 0.15) is 36.5 Å². The third kappa shape index (κ3) is 4.09. The number of piperidine rings is 1. The summed E-state index contributed by atoms with van der Waals surface area (Å²) in [5.74, 6) is 1.96. The minimum absolute atomic E-state index is 0.0406. The predicted molar refractivity (Wildman–Crippen MR) is 108 cm³/mol. The maximum absolute atomic E-state index is 12.8. The lowest BCUT2D eigenvalue weighted by molar-refractivity contribution is -0.131. The van der Waals surface area contributed by atoms with Gasteiger partial charge in [-0.1, -0.05) is 0 Å². The van der Waals surface area contributed by atoms with E-state index in [0.717, 1.165) is 30.8 Å². The van der Waals surface area contributed by atoms with Crippen LogP contribution in [0.4, 0.5) is 0 Å². The minimum Gasteiger partial charge on any atom is -0.494 e. The lowest BCUT2D eigenvalue weighted by Crippen LogP contribution is -2.58. The summed E-state index contributed by atoms with van der Waals surface area (Å²) < 4.78 is 5.44. The second-order valence-corrected chi connectivity index (χ2v) is 8.14. The largest absolute Gasteiger partial charge is 0.494 e. The molecular formula is C20H29N3O3S. The van der Waals surface area contributed by atoms with E-state index in [1.165, 1.54) is 0 Å². The van der Waals surface area contributed by atoms with Crippen molar-refractivity contribution in [3.8, 4) is 5.75 Å². The molecule has 1 spiro atoms. The SMILES string of the molecule is CCOc1ccc(C(=O)N2CCC3(CC2)NC(CCSC)C(=O)N3C)cc1. The summed E-state index contributed by atoms with van der Waals surface area (Å²) in [5, 5.41) is 3.57. The predicted octanol–water partition coefficient (Wildman–Crippen LogP) is 2.20. The molecule has 2 saturated heterocycles. The van der Waals surface area contributed by atoms with Gasteiger partial charge in [0.1, 0.15) is 5.75 Å². The summed E-state index contributed by atoms with van der Waals surface area (Å²) in [7, 11) is 1.89. The first-order valence-electron chi connectivity index (χ1n) is 9.57. The molecule has 1 aromatic rings. The van der Waals surface area contributed by atoms with Gasteiger partial charge in [-0.15, -0.1) is 0 Å². The maximum atomic E-state index is 12.8. The van der Waals surface area contributed by atoms with Gasteiger partial charge in [-0.3, -0.25) is 14.9 Å². The molecule has 0 saturated carbocycles. The van der Waals surface area contributed by atoms with Crippen molar-refractivity contribution in [2.45, 2.75) is 37.9 Å². The second kappa shape index (κ2) is 8.52. The maximum Gasteiger partial charge on any atom is 0.253 e. The molecule has 0 aromatic heterocycles. The highest BCUT2D eigenvalue weighted by Gasteiger charge is 2.49. The van der Waals surface area contributed by atoms with E-state index in [1.54, 1.807) is 11.8 Å². The molecular weight excluding hydrogens is 362 g/mol. The highest BCUT2D eigenvalue weighted by Crippen LogP contribution is 2.32. The Hall–Kier alpha value is -1.73. The Balaban J connectivity index is 1.61. The number of thioether (sulfide) groups is 1. The van der Waals surface area contributed by atoms with Crippen molar-refractivity contribution in [1.82, 2.24) is 15.1 Å². The Morgan fingerprint density at radius 1 is 1.30 bits per heavy atom. The number of likely N-dealkylation sites (tertiary alicyclic amines) is 1. The first-order chi connectivity index (χ1) is 13.0. The van der Waals surface area contributed by atoms with E-state index in [0.29, 0.717) is 25.3 Å². The smallest absolute Gasteiger partial charge is 0.253 e. The quantitative estimate of drug-likeness (QED) is 0.806. The highest BCUT2D eigenvalue weighted by molar-refractivity contribution is 7.98. The van der Waals surface area contributed by atoms with E-state index in [9.17, 15) is 9.59 Å². The molecule has 1 unspecified atom stereocenters. The zero-order valence-corrected chi connectivity index (χ0v) is 17.2. The first kappa shape index (κ1) is 20.0. The average molecular weight is 392 g/mol. The van der Waals surface area contributed by atoms with Gasteiger partial charge in [0.05, 0.1) is 18.3 Å². The van der Waals surface area contributed by atoms with Crippen molar-refractivity contribution in [3.63, 3.8) is 0 Å². The van der Waals surface area contributed by atoms with Crippen LogP contribution in [0.2, 0.25) is 0 Å². The van der Waals surface area contributed by atoms with E-state index in [-0.39, 0.29) is 23.5 Å². The first-order valence-corrected chi connectivity index (χ1v) is 11.0. The Kier molecular flexibility index (Phi) is 6.32. The molecule has 1 atom stereocenters. The fraction of sp³-hybridized carbons (Fsp3) is 0.600. The van der Waals surface area contributed by atoms with Crippen molar-refractivity contribution >= 4 is 23.6 Å². The summed E-state index contributed by atoms with van der Waals surface area (Å²) in [6, 6.07) is 7.21. The normalized spacial score (nSPS) is 21.7. The molecule has 3 rings (SSSR count). The van der Waals surface area contributed by atoms with E-state index in [2.05, 4.69) is 11.6 Å². The number of carbonyl (C=O) groups excluding carboxylic acids is 2. The summed E-state index contributed by atoms with van der Waals surface area (Å²) >= 11 is 1.76. The van der Waals surface area contributed by atoms with Gasteiger partial charge in [-0.2, -0.15) is 11.8 Å². The van der Waals surface area contributed by atoms with Crippen LogP contribution >= 0.6 is 11.8 Å². The topological polar surface area (TPSA) is 61.9 Å². The van der Waals surface area contributed by atoms with Gasteiger partial charge in [-0.05, 0) is 49.6 Å². The molecule has 27 heavy (non-hydrogen) atoms. The Labute approximate surface area is 165 Å².